The number of halogens is 2. The van der Waals surface area contributed by atoms with Crippen LogP contribution in [0, 0.1) is 17.6 Å². The number of oxime groups is 1. The summed E-state index contributed by atoms with van der Waals surface area (Å²) in [5, 5.41) is 11.8. The Balaban J connectivity index is 2.01. The first-order chi connectivity index (χ1) is 7.72. The minimum Gasteiger partial charge on any atom is -0.484 e. The molecule has 0 amide bonds. The van der Waals surface area contributed by atoms with Gasteiger partial charge in [0.15, 0.2) is 11.6 Å². The molecule has 0 aromatic heterocycles. The summed E-state index contributed by atoms with van der Waals surface area (Å²) in [7, 11) is 0. The molecule has 1 fully saturated rings. The highest BCUT2D eigenvalue weighted by Gasteiger charge is 2.28. The molecular weight excluding hydrogens is 216 g/mol. The average Bonchev–Trinajstić information content (AvgIpc) is 3.09. The van der Waals surface area contributed by atoms with Gasteiger partial charge in [-0.05, 0) is 25.0 Å². The van der Waals surface area contributed by atoms with Gasteiger partial charge in [0.2, 0.25) is 5.82 Å². The van der Waals surface area contributed by atoms with Gasteiger partial charge in [-0.1, -0.05) is 11.2 Å². The standard InChI is InChI=1S/C11H11F2NO2/c12-8-2-1-3-10(11(8)13)16-6-9(14-15)7-4-5-7/h1-3,7,15H,4-6H2/b14-9-. The van der Waals surface area contributed by atoms with Gasteiger partial charge in [-0.2, -0.15) is 4.39 Å². The van der Waals surface area contributed by atoms with Gasteiger partial charge in [0.1, 0.15) is 6.61 Å². The first-order valence-corrected chi connectivity index (χ1v) is 5.00. The Bertz CT molecular complexity index is 416. The second-order valence-corrected chi connectivity index (χ2v) is 3.71. The Hall–Kier alpha value is -1.65. The lowest BCUT2D eigenvalue weighted by Gasteiger charge is -2.07. The maximum atomic E-state index is 13.2. The van der Waals surface area contributed by atoms with Gasteiger partial charge in [-0.15, -0.1) is 0 Å². The molecule has 2 rings (SSSR count). The third-order valence-electron chi connectivity index (χ3n) is 2.47. The van der Waals surface area contributed by atoms with Gasteiger partial charge in [0.25, 0.3) is 0 Å². The number of ether oxygens (including phenoxy) is 1. The summed E-state index contributed by atoms with van der Waals surface area (Å²) in [6, 6.07) is 3.71. The van der Waals surface area contributed by atoms with Crippen LogP contribution in [0.1, 0.15) is 12.8 Å². The molecule has 1 aromatic carbocycles. The smallest absolute Gasteiger partial charge is 0.200 e. The monoisotopic (exact) mass is 227 g/mol. The van der Waals surface area contributed by atoms with E-state index in [1.165, 1.54) is 12.1 Å². The Morgan fingerprint density at radius 1 is 1.44 bits per heavy atom. The van der Waals surface area contributed by atoms with Crippen molar-refractivity contribution in [3.63, 3.8) is 0 Å². The summed E-state index contributed by atoms with van der Waals surface area (Å²) < 4.78 is 31.1. The fourth-order valence-corrected chi connectivity index (χ4v) is 1.39. The second kappa shape index (κ2) is 4.47. The normalized spacial score (nSPS) is 16.2. The van der Waals surface area contributed by atoms with Crippen molar-refractivity contribution in [1.82, 2.24) is 0 Å². The van der Waals surface area contributed by atoms with Crippen molar-refractivity contribution in [3.05, 3.63) is 29.8 Å². The average molecular weight is 227 g/mol. The Labute approximate surface area is 91.3 Å². The lowest BCUT2D eigenvalue weighted by atomic mass is 10.2. The van der Waals surface area contributed by atoms with Gasteiger partial charge < -0.3 is 9.94 Å². The summed E-state index contributed by atoms with van der Waals surface area (Å²) in [6.07, 6.45) is 1.91. The Kier molecular flexibility index (Phi) is 3.03. The first kappa shape index (κ1) is 10.9. The van der Waals surface area contributed by atoms with Crippen LogP contribution in [0.2, 0.25) is 0 Å². The van der Waals surface area contributed by atoms with E-state index in [4.69, 9.17) is 9.94 Å². The van der Waals surface area contributed by atoms with E-state index in [1.54, 1.807) is 0 Å². The van der Waals surface area contributed by atoms with Crippen molar-refractivity contribution < 1.29 is 18.7 Å². The van der Waals surface area contributed by atoms with E-state index < -0.39 is 11.6 Å². The van der Waals surface area contributed by atoms with Crippen molar-refractivity contribution in [2.24, 2.45) is 11.1 Å². The van der Waals surface area contributed by atoms with E-state index >= 15 is 0 Å². The SMILES string of the molecule is O/N=C(/COc1cccc(F)c1F)C1CC1. The van der Waals surface area contributed by atoms with Crippen LogP contribution in [0.4, 0.5) is 8.78 Å². The van der Waals surface area contributed by atoms with Gasteiger partial charge in [-0.25, -0.2) is 4.39 Å². The van der Waals surface area contributed by atoms with E-state index in [0.717, 1.165) is 18.9 Å². The molecule has 86 valence electrons. The third kappa shape index (κ3) is 2.29. The van der Waals surface area contributed by atoms with Crippen LogP contribution in [-0.4, -0.2) is 17.5 Å². The van der Waals surface area contributed by atoms with Crippen LogP contribution < -0.4 is 4.74 Å². The summed E-state index contributed by atoms with van der Waals surface area (Å²) >= 11 is 0. The van der Waals surface area contributed by atoms with Crippen LogP contribution >= 0.6 is 0 Å². The molecule has 0 saturated heterocycles. The predicted octanol–water partition coefficient (Wildman–Crippen LogP) is 2.58. The fraction of sp³-hybridized carbons (Fsp3) is 0.364. The zero-order chi connectivity index (χ0) is 11.5. The molecule has 0 aliphatic heterocycles. The van der Waals surface area contributed by atoms with Crippen LogP contribution in [-0.2, 0) is 0 Å². The lowest BCUT2D eigenvalue weighted by Crippen LogP contribution is -2.14. The van der Waals surface area contributed by atoms with Crippen molar-refractivity contribution in [2.45, 2.75) is 12.8 Å². The van der Waals surface area contributed by atoms with E-state index in [-0.39, 0.29) is 18.3 Å². The predicted molar refractivity (Wildman–Crippen MR) is 53.8 cm³/mol. The van der Waals surface area contributed by atoms with E-state index in [1.807, 2.05) is 0 Å². The molecule has 5 heteroatoms. The highest BCUT2D eigenvalue weighted by Crippen LogP contribution is 2.31. The van der Waals surface area contributed by atoms with Gasteiger partial charge in [0.05, 0.1) is 5.71 Å². The first-order valence-electron chi connectivity index (χ1n) is 5.00. The van der Waals surface area contributed by atoms with Crippen LogP contribution in [0.3, 0.4) is 0 Å². The minimum absolute atomic E-state index is 0.0124. The fourth-order valence-electron chi connectivity index (χ4n) is 1.39. The topological polar surface area (TPSA) is 41.8 Å². The third-order valence-corrected chi connectivity index (χ3v) is 2.47. The van der Waals surface area contributed by atoms with E-state index in [9.17, 15) is 8.78 Å². The van der Waals surface area contributed by atoms with Gasteiger partial charge in [-0.3, -0.25) is 0 Å². The lowest BCUT2D eigenvalue weighted by molar-refractivity contribution is 0.299. The molecule has 3 nitrogen and oxygen atoms in total. The molecule has 0 heterocycles. The molecule has 16 heavy (non-hydrogen) atoms. The zero-order valence-electron chi connectivity index (χ0n) is 8.49. The van der Waals surface area contributed by atoms with Crippen LogP contribution in [0.15, 0.2) is 23.4 Å². The summed E-state index contributed by atoms with van der Waals surface area (Å²) in [4.78, 5) is 0. The molecule has 1 aliphatic rings. The van der Waals surface area contributed by atoms with Crippen molar-refractivity contribution in [1.29, 1.82) is 0 Å². The molecule has 1 N–H and O–H groups in total. The summed E-state index contributed by atoms with van der Waals surface area (Å²) in [5.74, 6) is -1.91. The highest BCUT2D eigenvalue weighted by atomic mass is 19.2. The summed E-state index contributed by atoms with van der Waals surface area (Å²) in [6.45, 7) is -0.0124. The van der Waals surface area contributed by atoms with Gasteiger partial charge in [0, 0.05) is 5.92 Å². The Morgan fingerprint density at radius 3 is 2.81 bits per heavy atom. The molecule has 0 unspecified atom stereocenters. The van der Waals surface area contributed by atoms with E-state index in [2.05, 4.69) is 5.16 Å². The number of hydrogen-bond acceptors (Lipinski definition) is 3. The largest absolute Gasteiger partial charge is 0.484 e. The zero-order valence-corrected chi connectivity index (χ0v) is 8.49. The quantitative estimate of drug-likeness (QED) is 0.488. The molecule has 0 radical (unpaired) electrons. The molecule has 1 saturated carbocycles. The number of nitrogens with zero attached hydrogens (tertiary/aromatic N) is 1. The second-order valence-electron chi connectivity index (χ2n) is 3.71. The highest BCUT2D eigenvalue weighted by molar-refractivity contribution is 5.89. The van der Waals surface area contributed by atoms with Gasteiger partial charge >= 0.3 is 0 Å². The minimum atomic E-state index is -1.02. The van der Waals surface area contributed by atoms with E-state index in [0.29, 0.717) is 5.71 Å². The Morgan fingerprint density at radius 2 is 2.19 bits per heavy atom. The maximum absolute atomic E-state index is 13.2. The molecule has 1 aliphatic carbocycles. The number of benzene rings is 1. The maximum Gasteiger partial charge on any atom is 0.200 e. The van der Waals surface area contributed by atoms with Crippen molar-refractivity contribution in [3.8, 4) is 5.75 Å². The number of rotatable bonds is 4. The van der Waals surface area contributed by atoms with Crippen molar-refractivity contribution >= 4 is 5.71 Å². The molecule has 0 atom stereocenters. The number of hydrogen-bond donors (Lipinski definition) is 1. The molecule has 0 spiro atoms. The van der Waals surface area contributed by atoms with Crippen LogP contribution in [0.25, 0.3) is 0 Å². The van der Waals surface area contributed by atoms with Crippen LogP contribution in [0.5, 0.6) is 5.75 Å². The van der Waals surface area contributed by atoms with Crippen molar-refractivity contribution in [2.75, 3.05) is 6.61 Å². The molecule has 0 bridgehead atoms. The molecule has 1 aromatic rings. The molecular formula is C11H11F2NO2. The summed E-state index contributed by atoms with van der Waals surface area (Å²) in [5.41, 5.74) is 0.476.